The summed E-state index contributed by atoms with van der Waals surface area (Å²) in [4.78, 5) is 0. The molecule has 0 aliphatic heterocycles. The molecule has 0 bridgehead atoms. The molecule has 0 aliphatic rings. The maximum atomic E-state index is 5.29. The minimum Gasteiger partial charge on any atom is -0.384 e. The molecule has 98 valence electrons. The average Bonchev–Trinajstić information content (AvgIpc) is 2.26. The monoisotopic (exact) mass is 260 g/mol. The van der Waals surface area contributed by atoms with Crippen LogP contribution in [-0.2, 0) is 10.2 Å². The Kier molecular flexibility index (Phi) is 4.78. The van der Waals surface area contributed by atoms with Crippen LogP contribution in [0.4, 0.5) is 0 Å². The third-order valence-electron chi connectivity index (χ3n) is 2.73. The lowest BCUT2D eigenvalue weighted by molar-refractivity contribution is 0.146. The Morgan fingerprint density at radius 2 is 1.89 bits per heavy atom. The van der Waals surface area contributed by atoms with E-state index in [1.165, 1.54) is 5.56 Å². The summed E-state index contributed by atoms with van der Waals surface area (Å²) in [6, 6.07) is 8.51. The Hall–Kier alpha value is -1.04. The second kappa shape index (κ2) is 5.73. The number of ether oxygens (including phenoxy) is 1. The van der Waals surface area contributed by atoms with Gasteiger partial charge in [-0.25, -0.2) is 0 Å². The van der Waals surface area contributed by atoms with E-state index in [-0.39, 0.29) is 5.41 Å². The van der Waals surface area contributed by atoms with E-state index >= 15 is 0 Å². The highest BCUT2D eigenvalue weighted by Crippen LogP contribution is 2.24. The quantitative estimate of drug-likeness (QED) is 0.593. The highest BCUT2D eigenvalue weighted by Gasteiger charge is 2.20. The maximum absolute atomic E-state index is 5.29. The van der Waals surface area contributed by atoms with Gasteiger partial charge < -0.3 is 4.74 Å². The zero-order valence-electron chi connectivity index (χ0n) is 12.4. The fourth-order valence-electron chi connectivity index (χ4n) is 1.72. The molecule has 0 spiro atoms. The van der Waals surface area contributed by atoms with E-state index in [0.29, 0.717) is 0 Å². The summed E-state index contributed by atoms with van der Waals surface area (Å²) in [5.74, 6) is 3.31. The first-order valence-electron chi connectivity index (χ1n) is 6.37. The summed E-state index contributed by atoms with van der Waals surface area (Å²) in [5, 5.41) is 0. The Bertz CT molecular complexity index is 458. The Balaban J connectivity index is 3.02. The van der Waals surface area contributed by atoms with E-state index in [2.05, 4.69) is 69.2 Å². The van der Waals surface area contributed by atoms with E-state index in [0.717, 1.165) is 12.2 Å². The third kappa shape index (κ3) is 4.68. The lowest BCUT2D eigenvalue weighted by Crippen LogP contribution is -2.23. The van der Waals surface area contributed by atoms with Gasteiger partial charge in [0.1, 0.15) is 8.07 Å². The summed E-state index contributed by atoms with van der Waals surface area (Å²) in [7, 11) is 0.442. The van der Waals surface area contributed by atoms with Crippen molar-refractivity contribution in [2.24, 2.45) is 0 Å². The minimum atomic E-state index is -1.30. The molecule has 0 aromatic heterocycles. The average molecular weight is 260 g/mol. The summed E-state index contributed by atoms with van der Waals surface area (Å²) in [6.07, 6.45) is 0. The smallest absolute Gasteiger partial charge is 0.129 e. The molecule has 1 aromatic rings. The van der Waals surface area contributed by atoms with Gasteiger partial charge in [-0.1, -0.05) is 51.5 Å². The zero-order chi connectivity index (χ0) is 13.8. The van der Waals surface area contributed by atoms with Crippen LogP contribution in [0.15, 0.2) is 24.3 Å². The van der Waals surface area contributed by atoms with E-state index in [4.69, 9.17) is 4.74 Å². The van der Waals surface area contributed by atoms with Gasteiger partial charge in [-0.05, 0) is 17.7 Å². The Morgan fingerprint density at radius 1 is 1.22 bits per heavy atom. The first-order valence-corrected chi connectivity index (χ1v) is 9.87. The van der Waals surface area contributed by atoms with Crippen LogP contribution in [0.3, 0.4) is 0 Å². The Morgan fingerprint density at radius 3 is 2.44 bits per heavy atom. The van der Waals surface area contributed by atoms with Gasteiger partial charge in [-0.15, -0.1) is 5.54 Å². The summed E-state index contributed by atoms with van der Waals surface area (Å²) < 4.78 is 5.29. The van der Waals surface area contributed by atoms with E-state index in [1.807, 2.05) is 0 Å². The van der Waals surface area contributed by atoms with Crippen molar-refractivity contribution >= 4 is 8.07 Å². The molecular formula is C16H24OSi. The van der Waals surface area contributed by atoms with Crippen LogP contribution in [0.5, 0.6) is 0 Å². The molecule has 0 heterocycles. The molecule has 1 aromatic carbocycles. The van der Waals surface area contributed by atoms with Crippen LogP contribution in [0.1, 0.15) is 25.0 Å². The summed E-state index contributed by atoms with van der Waals surface area (Å²) in [5.41, 5.74) is 5.83. The van der Waals surface area contributed by atoms with Gasteiger partial charge in [-0.3, -0.25) is 0 Å². The number of hydrogen-bond donors (Lipinski definition) is 0. The fourth-order valence-corrected chi connectivity index (χ4v) is 2.24. The van der Waals surface area contributed by atoms with Crippen LogP contribution in [-0.4, -0.2) is 21.8 Å². The number of rotatable bonds is 3. The van der Waals surface area contributed by atoms with Crippen molar-refractivity contribution < 1.29 is 4.74 Å². The van der Waals surface area contributed by atoms with Gasteiger partial charge in [-0.2, -0.15) is 0 Å². The summed E-state index contributed by atoms with van der Waals surface area (Å²) >= 11 is 0. The van der Waals surface area contributed by atoms with E-state index in [1.54, 1.807) is 7.11 Å². The van der Waals surface area contributed by atoms with Crippen LogP contribution in [0, 0.1) is 11.5 Å². The lowest BCUT2D eigenvalue weighted by Gasteiger charge is -2.24. The lowest BCUT2D eigenvalue weighted by atomic mass is 9.85. The highest BCUT2D eigenvalue weighted by atomic mass is 28.3. The first-order chi connectivity index (χ1) is 8.24. The molecule has 0 saturated heterocycles. The molecule has 0 atom stereocenters. The molecular weight excluding hydrogens is 236 g/mol. The van der Waals surface area contributed by atoms with Gasteiger partial charge in [0, 0.05) is 18.1 Å². The molecule has 0 N–H and O–H groups in total. The molecule has 0 unspecified atom stereocenters. The maximum Gasteiger partial charge on any atom is 0.129 e. The molecule has 0 radical (unpaired) electrons. The largest absolute Gasteiger partial charge is 0.384 e. The first kappa shape index (κ1) is 15.0. The van der Waals surface area contributed by atoms with Gasteiger partial charge in [0.15, 0.2) is 0 Å². The van der Waals surface area contributed by atoms with Crippen molar-refractivity contribution in [2.45, 2.75) is 38.9 Å². The predicted molar refractivity (Wildman–Crippen MR) is 81.6 cm³/mol. The molecule has 0 fully saturated rings. The van der Waals surface area contributed by atoms with Crippen molar-refractivity contribution in [3.8, 4) is 11.5 Å². The van der Waals surface area contributed by atoms with E-state index in [9.17, 15) is 0 Å². The van der Waals surface area contributed by atoms with Gasteiger partial charge >= 0.3 is 0 Å². The van der Waals surface area contributed by atoms with Crippen molar-refractivity contribution in [1.29, 1.82) is 0 Å². The Labute approximate surface area is 113 Å². The number of benzene rings is 1. The molecule has 1 rings (SSSR count). The van der Waals surface area contributed by atoms with E-state index < -0.39 is 8.07 Å². The molecule has 0 aliphatic carbocycles. The topological polar surface area (TPSA) is 9.23 Å². The van der Waals surface area contributed by atoms with Gasteiger partial charge in [0.05, 0.1) is 6.61 Å². The standard InChI is InChI=1S/C16H24OSi/c1-16(2,13-17-3)15-9-7-8-14(12-15)10-11-18(4,5)6/h7-9,12H,13H2,1-6H3. The molecule has 0 amide bonds. The predicted octanol–water partition coefficient (Wildman–Crippen LogP) is 3.84. The normalized spacial score (nSPS) is 11.9. The van der Waals surface area contributed by atoms with Crippen molar-refractivity contribution in [3.05, 3.63) is 35.4 Å². The second-order valence-electron chi connectivity index (χ2n) is 6.40. The number of methoxy groups -OCH3 is 1. The third-order valence-corrected chi connectivity index (χ3v) is 3.61. The van der Waals surface area contributed by atoms with Crippen molar-refractivity contribution in [1.82, 2.24) is 0 Å². The van der Waals surface area contributed by atoms with Crippen LogP contribution < -0.4 is 0 Å². The fraction of sp³-hybridized carbons (Fsp3) is 0.500. The zero-order valence-corrected chi connectivity index (χ0v) is 13.4. The summed E-state index contributed by atoms with van der Waals surface area (Å²) in [6.45, 7) is 11.9. The van der Waals surface area contributed by atoms with Crippen LogP contribution in [0.25, 0.3) is 0 Å². The van der Waals surface area contributed by atoms with Crippen LogP contribution >= 0.6 is 0 Å². The van der Waals surface area contributed by atoms with Crippen molar-refractivity contribution in [3.63, 3.8) is 0 Å². The van der Waals surface area contributed by atoms with Crippen molar-refractivity contribution in [2.75, 3.05) is 13.7 Å². The minimum absolute atomic E-state index is 0.0333. The highest BCUT2D eigenvalue weighted by molar-refractivity contribution is 6.83. The SMILES string of the molecule is COCC(C)(C)c1cccc(C#C[Si](C)(C)C)c1. The second-order valence-corrected chi connectivity index (χ2v) is 11.1. The molecule has 18 heavy (non-hydrogen) atoms. The molecule has 0 saturated carbocycles. The molecule has 2 heteroatoms. The van der Waals surface area contributed by atoms with Gasteiger partial charge in [0.25, 0.3) is 0 Å². The molecule has 1 nitrogen and oxygen atoms in total. The van der Waals surface area contributed by atoms with Gasteiger partial charge in [0.2, 0.25) is 0 Å². The number of hydrogen-bond acceptors (Lipinski definition) is 1. The van der Waals surface area contributed by atoms with Crippen LogP contribution in [0.2, 0.25) is 19.6 Å².